The van der Waals surface area contributed by atoms with Gasteiger partial charge in [-0.05, 0) is 57.8 Å². The van der Waals surface area contributed by atoms with Gasteiger partial charge in [0.2, 0.25) is 0 Å². The van der Waals surface area contributed by atoms with Crippen molar-refractivity contribution in [3.63, 3.8) is 0 Å². The molecular weight excluding hydrogens is 725 g/mol. The maximum Gasteiger partial charge on any atom is 0.330 e. The average molecular weight is 803 g/mol. The van der Waals surface area contributed by atoms with E-state index in [1.807, 2.05) is 12.2 Å². The van der Waals surface area contributed by atoms with Crippen LogP contribution in [0.4, 0.5) is 0 Å². The van der Waals surface area contributed by atoms with Crippen LogP contribution in [-0.4, -0.2) is 89.0 Å². The molecular formula is C47H78O10. The Balaban J connectivity index is 2.43. The van der Waals surface area contributed by atoms with Crippen LogP contribution in [0.2, 0.25) is 0 Å². The number of hydrogen-bond donors (Lipinski definition) is 4. The molecule has 0 aromatic heterocycles. The van der Waals surface area contributed by atoms with E-state index >= 15 is 0 Å². The van der Waals surface area contributed by atoms with Crippen LogP contribution in [0.5, 0.6) is 0 Å². The third-order valence-electron chi connectivity index (χ3n) is 9.65. The molecule has 2 unspecified atom stereocenters. The molecule has 1 rings (SSSR count). The molecule has 0 spiro atoms. The largest absolute Gasteiger partial charge is 0.458 e. The Bertz CT molecular complexity index is 1160. The van der Waals surface area contributed by atoms with Crippen molar-refractivity contribution in [2.24, 2.45) is 0 Å². The summed E-state index contributed by atoms with van der Waals surface area (Å²) >= 11 is 0. The predicted molar refractivity (Wildman–Crippen MR) is 228 cm³/mol. The minimum Gasteiger partial charge on any atom is -0.458 e. The maximum atomic E-state index is 12.7. The molecule has 0 radical (unpaired) electrons. The van der Waals surface area contributed by atoms with Gasteiger partial charge in [-0.3, -0.25) is 4.79 Å². The number of aliphatic hydroxyl groups is 4. The molecule has 1 saturated heterocycles. The van der Waals surface area contributed by atoms with Crippen molar-refractivity contribution in [2.45, 2.75) is 192 Å². The van der Waals surface area contributed by atoms with Gasteiger partial charge in [-0.1, -0.05) is 158 Å². The van der Waals surface area contributed by atoms with Crippen LogP contribution in [0, 0.1) is 0 Å². The lowest BCUT2D eigenvalue weighted by atomic mass is 9.99. The molecule has 1 aliphatic heterocycles. The van der Waals surface area contributed by atoms with Crippen LogP contribution < -0.4 is 0 Å². The van der Waals surface area contributed by atoms with E-state index < -0.39 is 55.4 Å². The van der Waals surface area contributed by atoms with Gasteiger partial charge in [-0.15, -0.1) is 0 Å². The van der Waals surface area contributed by atoms with Gasteiger partial charge in [-0.25, -0.2) is 4.79 Å². The monoisotopic (exact) mass is 803 g/mol. The highest BCUT2D eigenvalue weighted by Gasteiger charge is 2.44. The average Bonchev–Trinajstić information content (AvgIpc) is 3.21. The quantitative estimate of drug-likeness (QED) is 0.0161. The number of unbranched alkanes of at least 4 members (excludes halogenated alkanes) is 15. The van der Waals surface area contributed by atoms with Crippen molar-refractivity contribution in [1.82, 2.24) is 0 Å². The summed E-state index contributed by atoms with van der Waals surface area (Å²) in [6, 6.07) is 0. The smallest absolute Gasteiger partial charge is 0.330 e. The highest BCUT2D eigenvalue weighted by molar-refractivity contribution is 5.82. The topological polar surface area (TPSA) is 152 Å². The molecule has 57 heavy (non-hydrogen) atoms. The van der Waals surface area contributed by atoms with E-state index in [2.05, 4.69) is 62.5 Å². The lowest BCUT2D eigenvalue weighted by molar-refractivity contribution is -0.305. The first-order chi connectivity index (χ1) is 27.8. The SMILES string of the molecule is CCC/C=C/C/C=C/C/C=C/C/C=C/CCCCCC(=O)O[C@H](COC(=O)/C=C/C=C/CCCCCCCCCCCCC)CO[C@@H]1O[C@H](CO)[C@H](O)C(O)C1O. The first kappa shape index (κ1) is 52.2. The fourth-order valence-corrected chi connectivity index (χ4v) is 6.15. The second-order valence-corrected chi connectivity index (χ2v) is 14.9. The minimum atomic E-state index is -1.62. The van der Waals surface area contributed by atoms with Gasteiger partial charge in [0.1, 0.15) is 31.0 Å². The van der Waals surface area contributed by atoms with Gasteiger partial charge in [-0.2, -0.15) is 0 Å². The third-order valence-corrected chi connectivity index (χ3v) is 9.65. The molecule has 0 aromatic carbocycles. The molecule has 0 aromatic rings. The molecule has 1 aliphatic rings. The molecule has 6 atom stereocenters. The molecule has 10 heteroatoms. The van der Waals surface area contributed by atoms with E-state index in [-0.39, 0.29) is 19.6 Å². The molecule has 326 valence electrons. The van der Waals surface area contributed by atoms with Gasteiger partial charge < -0.3 is 39.4 Å². The van der Waals surface area contributed by atoms with Gasteiger partial charge in [0.15, 0.2) is 12.4 Å². The number of rotatable bonds is 35. The number of carbonyl (C=O) groups is 2. The van der Waals surface area contributed by atoms with E-state index in [9.17, 15) is 30.0 Å². The molecule has 0 aliphatic carbocycles. The zero-order chi connectivity index (χ0) is 41.6. The molecule has 10 nitrogen and oxygen atoms in total. The zero-order valence-corrected chi connectivity index (χ0v) is 35.3. The van der Waals surface area contributed by atoms with Crippen molar-refractivity contribution in [3.8, 4) is 0 Å². The standard InChI is InChI=1S/C47H78O10/c1-3-5-7-9-11-13-15-17-19-20-22-24-26-28-30-32-34-36-43(50)56-40(39-55-47-46(53)45(52)44(51)41(37-48)57-47)38-54-42(49)35-33-31-29-27-25-23-21-18-16-14-12-10-8-6-4-2/h7,9,13,15,19-20,24,26,29,31,33,35,40-41,44-48,51-53H,3-6,8,10-12,14,16-18,21-23,25,27-28,30,32,34,36-39H2,1-2H3/b9-7+,15-13+,20-19+,26-24+,31-29+,35-33+/t40-,41-,44+,45?,46?,47-/m1/s1. The first-order valence-electron chi connectivity index (χ1n) is 22.0. The van der Waals surface area contributed by atoms with Crippen LogP contribution in [0.25, 0.3) is 0 Å². The Morgan fingerprint density at radius 2 is 1.14 bits per heavy atom. The second-order valence-electron chi connectivity index (χ2n) is 14.9. The zero-order valence-electron chi connectivity index (χ0n) is 35.3. The molecule has 0 amide bonds. The number of carbonyl (C=O) groups excluding carboxylic acids is 2. The Kier molecular flexibility index (Phi) is 34.2. The Morgan fingerprint density at radius 1 is 0.596 bits per heavy atom. The summed E-state index contributed by atoms with van der Waals surface area (Å²) in [6.07, 6.45) is 39.6. The van der Waals surface area contributed by atoms with Crippen LogP contribution in [-0.2, 0) is 28.5 Å². The highest BCUT2D eigenvalue weighted by Crippen LogP contribution is 2.22. The van der Waals surface area contributed by atoms with E-state index in [4.69, 9.17) is 18.9 Å². The van der Waals surface area contributed by atoms with Gasteiger partial charge in [0.25, 0.3) is 0 Å². The van der Waals surface area contributed by atoms with Crippen LogP contribution in [0.15, 0.2) is 72.9 Å². The predicted octanol–water partition coefficient (Wildman–Crippen LogP) is 9.22. The number of esters is 2. The summed E-state index contributed by atoms with van der Waals surface area (Å²) in [6.45, 7) is 3.19. The van der Waals surface area contributed by atoms with Crippen molar-refractivity contribution >= 4 is 11.9 Å². The van der Waals surface area contributed by atoms with E-state index in [1.54, 1.807) is 6.08 Å². The van der Waals surface area contributed by atoms with E-state index in [0.717, 1.165) is 57.8 Å². The van der Waals surface area contributed by atoms with Crippen LogP contribution >= 0.6 is 0 Å². The fourth-order valence-electron chi connectivity index (χ4n) is 6.15. The van der Waals surface area contributed by atoms with Crippen molar-refractivity contribution in [3.05, 3.63) is 72.9 Å². The number of hydrogen-bond acceptors (Lipinski definition) is 10. The van der Waals surface area contributed by atoms with Gasteiger partial charge >= 0.3 is 11.9 Å². The number of ether oxygens (including phenoxy) is 4. The number of allylic oxidation sites excluding steroid dienone is 11. The molecule has 0 saturated carbocycles. The first-order valence-corrected chi connectivity index (χ1v) is 22.0. The van der Waals surface area contributed by atoms with Gasteiger partial charge in [0, 0.05) is 12.5 Å². The fraction of sp³-hybridized carbons (Fsp3) is 0.702. The second kappa shape index (κ2) is 37.4. The Labute approximate surface area is 344 Å². The summed E-state index contributed by atoms with van der Waals surface area (Å²) in [5, 5.41) is 40.0. The summed E-state index contributed by atoms with van der Waals surface area (Å²) in [5.74, 6) is -1.10. The van der Waals surface area contributed by atoms with Crippen molar-refractivity contribution in [2.75, 3.05) is 19.8 Å². The maximum absolute atomic E-state index is 12.7. The van der Waals surface area contributed by atoms with Crippen LogP contribution in [0.1, 0.15) is 155 Å². The highest BCUT2D eigenvalue weighted by atomic mass is 16.7. The van der Waals surface area contributed by atoms with Gasteiger partial charge in [0.05, 0.1) is 13.2 Å². The van der Waals surface area contributed by atoms with E-state index in [1.165, 1.54) is 76.7 Å². The lowest BCUT2D eigenvalue weighted by Gasteiger charge is -2.39. The molecule has 4 N–H and O–H groups in total. The van der Waals surface area contributed by atoms with Crippen molar-refractivity contribution in [1.29, 1.82) is 0 Å². The minimum absolute atomic E-state index is 0.169. The molecule has 1 heterocycles. The normalized spacial score (nSPS) is 21.0. The third kappa shape index (κ3) is 29.1. The lowest BCUT2D eigenvalue weighted by Crippen LogP contribution is -2.59. The Morgan fingerprint density at radius 3 is 1.74 bits per heavy atom. The summed E-state index contributed by atoms with van der Waals surface area (Å²) < 4.78 is 21.9. The molecule has 1 fully saturated rings. The van der Waals surface area contributed by atoms with E-state index in [0.29, 0.717) is 6.42 Å². The summed E-state index contributed by atoms with van der Waals surface area (Å²) in [4.78, 5) is 25.2. The van der Waals surface area contributed by atoms with Crippen molar-refractivity contribution < 1.29 is 49.0 Å². The summed E-state index contributed by atoms with van der Waals surface area (Å²) in [7, 11) is 0. The Hall–Kier alpha value is -2.86. The number of aliphatic hydroxyl groups excluding tert-OH is 4. The molecule has 0 bridgehead atoms. The van der Waals surface area contributed by atoms with Crippen LogP contribution in [0.3, 0.4) is 0 Å². The summed E-state index contributed by atoms with van der Waals surface area (Å²) in [5.41, 5.74) is 0.